The molecule has 1 aromatic heterocycles. The number of nitrogens with one attached hydrogen (secondary N) is 1. The number of amides is 2. The molecule has 124 valence electrons. The molecule has 2 amide bonds. The van der Waals surface area contributed by atoms with Gasteiger partial charge in [-0.3, -0.25) is 10.2 Å². The molecule has 1 saturated heterocycles. The first-order chi connectivity index (χ1) is 11.8. The predicted molar refractivity (Wildman–Crippen MR) is 97.3 cm³/mol. The molecule has 4 rings (SSSR count). The normalized spacial score (nSPS) is 20.7. The molecule has 0 bridgehead atoms. The molecule has 1 aromatic carbocycles. The summed E-state index contributed by atoms with van der Waals surface area (Å²) >= 11 is 1.33. The van der Waals surface area contributed by atoms with Crippen LogP contribution in [-0.4, -0.2) is 52.4 Å². The lowest BCUT2D eigenvalue weighted by Gasteiger charge is -2.23. The summed E-state index contributed by atoms with van der Waals surface area (Å²) in [6.45, 7) is 3.64. The first-order valence-electron chi connectivity index (χ1n) is 8.27. The first kappa shape index (κ1) is 15.4. The number of anilines is 1. The van der Waals surface area contributed by atoms with Crippen LogP contribution in [-0.2, 0) is 0 Å². The van der Waals surface area contributed by atoms with E-state index in [1.165, 1.54) is 11.5 Å². The van der Waals surface area contributed by atoms with E-state index in [0.717, 1.165) is 48.9 Å². The van der Waals surface area contributed by atoms with Crippen molar-refractivity contribution in [2.45, 2.75) is 12.5 Å². The third-order valence-corrected chi connectivity index (χ3v) is 5.33. The third-order valence-electron chi connectivity index (χ3n) is 4.62. The molecule has 0 unspecified atom stereocenters. The van der Waals surface area contributed by atoms with Crippen LogP contribution in [0, 0.1) is 0 Å². The molecule has 1 atom stereocenters. The average Bonchev–Trinajstić information content (AvgIpc) is 3.36. The van der Waals surface area contributed by atoms with Gasteiger partial charge in [0.1, 0.15) is 5.00 Å². The van der Waals surface area contributed by atoms with Crippen LogP contribution in [0.4, 0.5) is 9.80 Å². The summed E-state index contributed by atoms with van der Waals surface area (Å²) in [7, 11) is 0. The summed E-state index contributed by atoms with van der Waals surface area (Å²) in [5.41, 5.74) is 1.97. The lowest BCUT2D eigenvalue weighted by atomic mass is 10.2. The molecule has 1 N–H and O–H groups in total. The van der Waals surface area contributed by atoms with E-state index in [9.17, 15) is 4.79 Å². The summed E-state index contributed by atoms with van der Waals surface area (Å²) in [5, 5.41) is 3.79. The van der Waals surface area contributed by atoms with Gasteiger partial charge in [-0.2, -0.15) is 4.37 Å². The van der Waals surface area contributed by atoms with Crippen LogP contribution >= 0.6 is 11.5 Å². The predicted octanol–water partition coefficient (Wildman–Crippen LogP) is 3.29. The van der Waals surface area contributed by atoms with Crippen LogP contribution in [0.25, 0.3) is 11.3 Å². The Morgan fingerprint density at radius 1 is 1.21 bits per heavy atom. The summed E-state index contributed by atoms with van der Waals surface area (Å²) in [6.07, 6.45) is 5.45. The van der Waals surface area contributed by atoms with E-state index in [0.29, 0.717) is 6.04 Å². The van der Waals surface area contributed by atoms with Gasteiger partial charge in [-0.25, -0.2) is 4.79 Å². The van der Waals surface area contributed by atoms with Crippen molar-refractivity contribution in [1.82, 2.24) is 14.2 Å². The van der Waals surface area contributed by atoms with Crippen molar-refractivity contribution >= 4 is 22.6 Å². The highest BCUT2D eigenvalue weighted by Gasteiger charge is 2.30. The van der Waals surface area contributed by atoms with Gasteiger partial charge in [0.15, 0.2) is 0 Å². The molecule has 24 heavy (non-hydrogen) atoms. The lowest BCUT2D eigenvalue weighted by Crippen LogP contribution is -2.38. The van der Waals surface area contributed by atoms with Gasteiger partial charge < -0.3 is 4.90 Å². The molecule has 2 aliphatic heterocycles. The van der Waals surface area contributed by atoms with E-state index in [4.69, 9.17) is 0 Å². The number of likely N-dealkylation sites (tertiary alicyclic amines) is 1. The van der Waals surface area contributed by atoms with Crippen LogP contribution in [0.15, 0.2) is 48.6 Å². The van der Waals surface area contributed by atoms with Crippen LogP contribution in [0.2, 0.25) is 0 Å². The van der Waals surface area contributed by atoms with Crippen molar-refractivity contribution in [3.63, 3.8) is 0 Å². The van der Waals surface area contributed by atoms with Gasteiger partial charge in [-0.1, -0.05) is 42.5 Å². The maximum atomic E-state index is 12.5. The maximum absolute atomic E-state index is 12.5. The Bertz CT molecular complexity index is 734. The fourth-order valence-corrected chi connectivity index (χ4v) is 3.93. The first-order valence-corrected chi connectivity index (χ1v) is 9.04. The fourth-order valence-electron chi connectivity index (χ4n) is 3.28. The summed E-state index contributed by atoms with van der Waals surface area (Å²) in [5.74, 6) is 0. The molecule has 2 aromatic rings. The number of carbonyl (C=O) groups is 1. The summed E-state index contributed by atoms with van der Waals surface area (Å²) in [4.78, 5) is 16.8. The molecule has 1 fully saturated rings. The second-order valence-electron chi connectivity index (χ2n) is 6.19. The lowest BCUT2D eigenvalue weighted by molar-refractivity contribution is 0.212. The Morgan fingerprint density at radius 2 is 2.00 bits per heavy atom. The van der Waals surface area contributed by atoms with Gasteiger partial charge in [0.2, 0.25) is 0 Å². The highest BCUT2D eigenvalue weighted by molar-refractivity contribution is 7.10. The van der Waals surface area contributed by atoms with Crippen LogP contribution in [0.5, 0.6) is 0 Å². The minimum atomic E-state index is -0.0204. The Balaban J connectivity index is 1.36. The maximum Gasteiger partial charge on any atom is 0.322 e. The second kappa shape index (κ2) is 6.75. The zero-order valence-electron chi connectivity index (χ0n) is 13.4. The number of urea groups is 1. The van der Waals surface area contributed by atoms with E-state index < -0.39 is 0 Å². The highest BCUT2D eigenvalue weighted by Crippen LogP contribution is 2.26. The van der Waals surface area contributed by atoms with Crippen molar-refractivity contribution in [3.8, 4) is 11.3 Å². The third kappa shape index (κ3) is 3.20. The summed E-state index contributed by atoms with van der Waals surface area (Å²) < 4.78 is 4.44. The van der Waals surface area contributed by atoms with Crippen molar-refractivity contribution in [2.24, 2.45) is 0 Å². The van der Waals surface area contributed by atoms with E-state index in [1.807, 2.05) is 41.3 Å². The molecule has 0 spiro atoms. The van der Waals surface area contributed by atoms with E-state index in [2.05, 4.69) is 26.7 Å². The van der Waals surface area contributed by atoms with Crippen LogP contribution in [0.1, 0.15) is 6.42 Å². The van der Waals surface area contributed by atoms with Crippen molar-refractivity contribution in [2.75, 3.05) is 31.5 Å². The monoisotopic (exact) mass is 340 g/mol. The quantitative estimate of drug-likeness (QED) is 0.872. The summed E-state index contributed by atoms with van der Waals surface area (Å²) in [6, 6.07) is 12.4. The molecule has 0 radical (unpaired) electrons. The van der Waals surface area contributed by atoms with Gasteiger partial charge in [0, 0.05) is 43.9 Å². The van der Waals surface area contributed by atoms with Gasteiger partial charge in [-0.15, -0.1) is 0 Å². The number of benzene rings is 1. The molecule has 3 heterocycles. The molecule has 6 heteroatoms. The average molecular weight is 340 g/mol. The van der Waals surface area contributed by atoms with Gasteiger partial charge in [0.25, 0.3) is 0 Å². The molecule has 0 saturated carbocycles. The molecular weight excluding hydrogens is 320 g/mol. The smallest absolute Gasteiger partial charge is 0.322 e. The highest BCUT2D eigenvalue weighted by atomic mass is 32.1. The van der Waals surface area contributed by atoms with Gasteiger partial charge in [-0.05, 0) is 18.0 Å². The topological polar surface area (TPSA) is 48.5 Å². The van der Waals surface area contributed by atoms with Gasteiger partial charge in [0.05, 0.1) is 5.69 Å². The molecular formula is C18H20N4OS. The SMILES string of the molecule is O=C(Nc1cc(-c2ccccc2)ns1)N1CC[C@H](N2CC=CC2)C1. The Labute approximate surface area is 145 Å². The van der Waals surface area contributed by atoms with Crippen LogP contribution in [0.3, 0.4) is 0 Å². The number of hydrogen-bond acceptors (Lipinski definition) is 4. The number of nitrogens with zero attached hydrogens (tertiary/aromatic N) is 3. The number of rotatable bonds is 3. The minimum absolute atomic E-state index is 0.0204. The number of hydrogen-bond donors (Lipinski definition) is 1. The standard InChI is InChI=1S/C18H20N4OS/c23-18(22-11-8-15(13-22)21-9-4-5-10-21)19-17-12-16(20-24-17)14-6-2-1-3-7-14/h1-7,12,15H,8-11,13H2,(H,19,23)/t15-/m0/s1. The van der Waals surface area contributed by atoms with Crippen molar-refractivity contribution in [1.29, 1.82) is 0 Å². The Morgan fingerprint density at radius 3 is 2.79 bits per heavy atom. The second-order valence-corrected chi connectivity index (χ2v) is 6.99. The fraction of sp³-hybridized carbons (Fsp3) is 0.333. The van der Waals surface area contributed by atoms with Crippen molar-refractivity contribution in [3.05, 3.63) is 48.6 Å². The zero-order chi connectivity index (χ0) is 16.4. The molecule has 2 aliphatic rings. The zero-order valence-corrected chi connectivity index (χ0v) is 14.2. The van der Waals surface area contributed by atoms with E-state index >= 15 is 0 Å². The molecule has 0 aliphatic carbocycles. The largest absolute Gasteiger partial charge is 0.323 e. The van der Waals surface area contributed by atoms with E-state index in [-0.39, 0.29) is 6.03 Å². The number of aromatic nitrogens is 1. The van der Waals surface area contributed by atoms with E-state index in [1.54, 1.807) is 0 Å². The number of carbonyl (C=O) groups excluding carboxylic acids is 1. The van der Waals surface area contributed by atoms with Crippen molar-refractivity contribution < 1.29 is 4.79 Å². The minimum Gasteiger partial charge on any atom is -0.323 e. The van der Waals surface area contributed by atoms with Gasteiger partial charge >= 0.3 is 6.03 Å². The molecule has 5 nitrogen and oxygen atoms in total. The Kier molecular flexibility index (Phi) is 4.32. The van der Waals surface area contributed by atoms with Crippen LogP contribution < -0.4 is 5.32 Å². The Hall–Kier alpha value is -2.18.